The number of hydrogen-bond acceptors (Lipinski definition) is 2. The average Bonchev–Trinajstić information content (AvgIpc) is 2.17. The molecule has 0 atom stereocenters. The summed E-state index contributed by atoms with van der Waals surface area (Å²) in [7, 11) is 0. The van der Waals surface area contributed by atoms with Crippen LogP contribution in [-0.4, -0.2) is 4.92 Å². The fraction of sp³-hybridized carbons (Fsp3) is 0.500. The van der Waals surface area contributed by atoms with Gasteiger partial charge >= 0.3 is 0 Å². The molecule has 15 heavy (non-hydrogen) atoms. The van der Waals surface area contributed by atoms with Gasteiger partial charge in [-0.15, -0.1) is 0 Å². The molecule has 0 spiro atoms. The fourth-order valence-electron chi connectivity index (χ4n) is 1.46. The van der Waals surface area contributed by atoms with E-state index in [0.717, 1.165) is 18.4 Å². The molecule has 0 fully saturated rings. The van der Waals surface area contributed by atoms with Gasteiger partial charge in [-0.05, 0) is 17.4 Å². The number of nitrogens with zero attached hydrogens (tertiary/aromatic N) is 1. The molecule has 0 saturated heterocycles. The van der Waals surface area contributed by atoms with E-state index in [-0.39, 0.29) is 16.0 Å². The van der Waals surface area contributed by atoms with Crippen molar-refractivity contribution in [2.75, 3.05) is 0 Å². The monoisotopic (exact) mass is 207 g/mol. The van der Waals surface area contributed by atoms with Crippen LogP contribution in [0.3, 0.4) is 0 Å². The summed E-state index contributed by atoms with van der Waals surface area (Å²) in [5.74, 6) is 0. The van der Waals surface area contributed by atoms with Gasteiger partial charge in [-0.1, -0.05) is 39.3 Å². The van der Waals surface area contributed by atoms with Crippen LogP contribution < -0.4 is 0 Å². The van der Waals surface area contributed by atoms with Gasteiger partial charge in [0.2, 0.25) is 0 Å². The summed E-state index contributed by atoms with van der Waals surface area (Å²) in [4.78, 5) is 10.2. The number of rotatable bonds is 4. The van der Waals surface area contributed by atoms with E-state index in [4.69, 9.17) is 0 Å². The first-order valence-electron chi connectivity index (χ1n) is 5.18. The summed E-state index contributed by atoms with van der Waals surface area (Å²) in [5.41, 5.74) is 1.42. The van der Waals surface area contributed by atoms with E-state index >= 15 is 0 Å². The van der Waals surface area contributed by atoms with E-state index in [1.807, 2.05) is 6.07 Å². The topological polar surface area (TPSA) is 43.1 Å². The maximum absolute atomic E-state index is 10.6. The zero-order valence-electron chi connectivity index (χ0n) is 9.49. The van der Waals surface area contributed by atoms with E-state index < -0.39 is 0 Å². The van der Waals surface area contributed by atoms with Gasteiger partial charge in [-0.2, -0.15) is 0 Å². The van der Waals surface area contributed by atoms with Crippen LogP contribution in [0.4, 0.5) is 5.69 Å². The minimum Gasteiger partial charge on any atom is -0.258 e. The number of nitro benzene ring substituents is 1. The molecule has 82 valence electrons. The molecule has 0 aliphatic heterocycles. The van der Waals surface area contributed by atoms with Crippen LogP contribution in [0.5, 0.6) is 0 Å². The largest absolute Gasteiger partial charge is 0.269 e. The summed E-state index contributed by atoms with van der Waals surface area (Å²) < 4.78 is 0. The average molecular weight is 207 g/mol. The lowest BCUT2D eigenvalue weighted by Gasteiger charge is -2.22. The maximum atomic E-state index is 10.6. The van der Waals surface area contributed by atoms with Crippen LogP contribution in [-0.2, 0) is 6.42 Å². The van der Waals surface area contributed by atoms with Gasteiger partial charge in [-0.3, -0.25) is 10.1 Å². The summed E-state index contributed by atoms with van der Waals surface area (Å²) in [5, 5.41) is 10.6. The second-order valence-corrected chi connectivity index (χ2v) is 4.62. The lowest BCUT2D eigenvalue weighted by Crippen LogP contribution is -2.13. The highest BCUT2D eigenvalue weighted by Gasteiger charge is 2.17. The molecule has 0 aliphatic carbocycles. The van der Waals surface area contributed by atoms with Gasteiger partial charge in [-0.25, -0.2) is 0 Å². The van der Waals surface area contributed by atoms with Crippen molar-refractivity contribution in [1.29, 1.82) is 0 Å². The minimum atomic E-state index is -0.345. The van der Waals surface area contributed by atoms with E-state index in [9.17, 15) is 10.1 Å². The van der Waals surface area contributed by atoms with E-state index in [1.54, 1.807) is 12.1 Å². The number of non-ortho nitro benzene ring substituents is 1. The van der Waals surface area contributed by atoms with Crippen molar-refractivity contribution >= 4 is 5.69 Å². The van der Waals surface area contributed by atoms with Gasteiger partial charge in [0.05, 0.1) is 4.92 Å². The second kappa shape index (κ2) is 4.43. The summed E-state index contributed by atoms with van der Waals surface area (Å²) in [6.07, 6.45) is 1.95. The Morgan fingerprint density at radius 3 is 2.60 bits per heavy atom. The highest BCUT2D eigenvalue weighted by molar-refractivity contribution is 5.34. The Kier molecular flexibility index (Phi) is 3.45. The number of nitro groups is 1. The molecule has 0 aromatic heterocycles. The first-order chi connectivity index (χ1) is 6.94. The van der Waals surface area contributed by atoms with Crippen LogP contribution in [0.15, 0.2) is 24.3 Å². The lowest BCUT2D eigenvalue weighted by molar-refractivity contribution is -0.384. The molecular weight excluding hydrogens is 190 g/mol. The normalized spacial score (nSPS) is 11.4. The lowest BCUT2D eigenvalue weighted by atomic mass is 9.83. The smallest absolute Gasteiger partial charge is 0.258 e. The van der Waals surface area contributed by atoms with Crippen molar-refractivity contribution < 1.29 is 4.92 Å². The predicted molar refractivity (Wildman–Crippen MR) is 60.9 cm³/mol. The highest BCUT2D eigenvalue weighted by Crippen LogP contribution is 2.26. The molecule has 0 saturated carbocycles. The first-order valence-corrected chi connectivity index (χ1v) is 5.18. The first kappa shape index (κ1) is 11.7. The third kappa shape index (κ3) is 3.35. The van der Waals surface area contributed by atoms with Crippen LogP contribution in [0, 0.1) is 15.5 Å². The van der Waals surface area contributed by atoms with Gasteiger partial charge in [0.1, 0.15) is 0 Å². The summed E-state index contributed by atoms with van der Waals surface area (Å²) in [6.45, 7) is 6.48. The van der Waals surface area contributed by atoms with Crippen molar-refractivity contribution in [3.63, 3.8) is 0 Å². The Hall–Kier alpha value is -1.38. The van der Waals surface area contributed by atoms with Crippen LogP contribution in [0.1, 0.15) is 32.8 Å². The van der Waals surface area contributed by atoms with E-state index in [0.29, 0.717) is 0 Å². The second-order valence-electron chi connectivity index (χ2n) is 4.62. The quantitative estimate of drug-likeness (QED) is 0.559. The zero-order valence-corrected chi connectivity index (χ0v) is 9.49. The standard InChI is InChI=1S/C12H17NO2/c1-4-12(2,3)9-10-6-5-7-11(8-10)13(14)15/h5-8H,4,9H2,1-3H3. The van der Waals surface area contributed by atoms with Gasteiger partial charge < -0.3 is 0 Å². The van der Waals surface area contributed by atoms with Crippen LogP contribution in [0.25, 0.3) is 0 Å². The van der Waals surface area contributed by atoms with Crippen molar-refractivity contribution in [3.8, 4) is 0 Å². The molecule has 0 unspecified atom stereocenters. The molecule has 0 bridgehead atoms. The zero-order chi connectivity index (χ0) is 11.5. The van der Waals surface area contributed by atoms with Crippen molar-refractivity contribution in [2.24, 2.45) is 5.41 Å². The maximum Gasteiger partial charge on any atom is 0.269 e. The van der Waals surface area contributed by atoms with Crippen molar-refractivity contribution in [2.45, 2.75) is 33.6 Å². The fourth-order valence-corrected chi connectivity index (χ4v) is 1.46. The number of benzene rings is 1. The van der Waals surface area contributed by atoms with Gasteiger partial charge in [0.25, 0.3) is 5.69 Å². The molecule has 1 aromatic carbocycles. The minimum absolute atomic E-state index is 0.180. The van der Waals surface area contributed by atoms with Crippen LogP contribution >= 0.6 is 0 Å². The Labute approximate surface area is 90.3 Å². The molecule has 1 rings (SSSR count). The van der Waals surface area contributed by atoms with Crippen molar-refractivity contribution in [3.05, 3.63) is 39.9 Å². The van der Waals surface area contributed by atoms with Crippen molar-refractivity contribution in [1.82, 2.24) is 0 Å². The molecule has 0 aliphatic rings. The number of hydrogen-bond donors (Lipinski definition) is 0. The molecule has 0 heterocycles. The molecule has 3 heteroatoms. The summed E-state index contributed by atoms with van der Waals surface area (Å²) in [6, 6.07) is 6.89. The molecule has 0 amide bonds. The molecule has 1 aromatic rings. The molecule has 3 nitrogen and oxygen atoms in total. The SMILES string of the molecule is CCC(C)(C)Cc1cccc([N+](=O)[O-])c1. The van der Waals surface area contributed by atoms with E-state index in [2.05, 4.69) is 20.8 Å². The summed E-state index contributed by atoms with van der Waals surface area (Å²) >= 11 is 0. The Balaban J connectivity index is 2.87. The highest BCUT2D eigenvalue weighted by atomic mass is 16.6. The van der Waals surface area contributed by atoms with Gasteiger partial charge in [0.15, 0.2) is 0 Å². The Morgan fingerprint density at radius 1 is 1.40 bits per heavy atom. The molecular formula is C12H17NO2. The molecule has 0 radical (unpaired) electrons. The van der Waals surface area contributed by atoms with Gasteiger partial charge in [0, 0.05) is 12.1 Å². The Bertz CT molecular complexity index is 358. The third-order valence-corrected chi connectivity index (χ3v) is 2.76. The Morgan fingerprint density at radius 2 is 2.07 bits per heavy atom. The van der Waals surface area contributed by atoms with E-state index in [1.165, 1.54) is 6.07 Å². The predicted octanol–water partition coefficient (Wildman–Crippen LogP) is 3.57. The molecule has 0 N–H and O–H groups in total. The third-order valence-electron chi connectivity index (χ3n) is 2.76. The van der Waals surface area contributed by atoms with Crippen LogP contribution in [0.2, 0.25) is 0 Å².